The lowest BCUT2D eigenvalue weighted by Crippen LogP contribution is -2.53. The summed E-state index contributed by atoms with van der Waals surface area (Å²) in [5.74, 6) is 0.748. The minimum absolute atomic E-state index is 0.124. The molecule has 2 aliphatic heterocycles. The summed E-state index contributed by atoms with van der Waals surface area (Å²) in [5.41, 5.74) is -0.155. The highest BCUT2D eigenvalue weighted by Crippen LogP contribution is 2.21. The monoisotopic (exact) mass is 226 g/mol. The van der Waals surface area contributed by atoms with E-state index < -0.39 is 0 Å². The van der Waals surface area contributed by atoms with E-state index in [1.807, 2.05) is 0 Å². The molecule has 2 heterocycles. The fourth-order valence-corrected chi connectivity index (χ4v) is 2.58. The van der Waals surface area contributed by atoms with E-state index in [1.165, 1.54) is 0 Å². The Kier molecular flexibility index (Phi) is 3.50. The maximum absolute atomic E-state index is 12.1. The van der Waals surface area contributed by atoms with Crippen molar-refractivity contribution in [3.63, 3.8) is 0 Å². The molecule has 0 aromatic heterocycles. The second kappa shape index (κ2) is 4.72. The topological polar surface area (TPSA) is 50.4 Å². The molecule has 92 valence electrons. The van der Waals surface area contributed by atoms with Crippen molar-refractivity contribution in [1.29, 1.82) is 0 Å². The smallest absolute Gasteiger partial charge is 0.225 e. The third-order valence-electron chi connectivity index (χ3n) is 3.72. The van der Waals surface area contributed by atoms with E-state index in [2.05, 4.69) is 24.5 Å². The molecule has 2 saturated heterocycles. The molecule has 0 bridgehead atoms. The molecule has 2 N–H and O–H groups in total. The minimum Gasteiger partial charge on any atom is -0.379 e. The average Bonchev–Trinajstić information content (AvgIpc) is 2.65. The fourth-order valence-electron chi connectivity index (χ4n) is 2.58. The van der Waals surface area contributed by atoms with Gasteiger partial charge in [-0.1, -0.05) is 6.92 Å². The van der Waals surface area contributed by atoms with Crippen LogP contribution in [0.5, 0.6) is 0 Å². The van der Waals surface area contributed by atoms with Crippen LogP contribution in [0.2, 0.25) is 0 Å². The molecule has 0 spiro atoms. The van der Waals surface area contributed by atoms with Crippen LogP contribution in [0.25, 0.3) is 0 Å². The van der Waals surface area contributed by atoms with Gasteiger partial charge in [-0.3, -0.25) is 4.79 Å². The summed E-state index contributed by atoms with van der Waals surface area (Å²) in [6.45, 7) is 7.44. The average molecular weight is 226 g/mol. The summed E-state index contributed by atoms with van der Waals surface area (Å²) in [6.07, 6.45) is 2.06. The molecule has 4 nitrogen and oxygen atoms in total. The summed E-state index contributed by atoms with van der Waals surface area (Å²) in [5, 5.41) is 6.42. The minimum atomic E-state index is -0.155. The molecule has 2 rings (SSSR count). The molecule has 1 amide bonds. The Labute approximate surface area is 97.1 Å². The standard InChI is InChI=1S/C12H22N2O2/c1-9-6-13-7-10(9)11(15)14-12(2)4-3-5-16-8-12/h9-10,13H,3-8H2,1-2H3,(H,14,15). The Bertz CT molecular complexity index is 262. The van der Waals surface area contributed by atoms with Gasteiger partial charge in [-0.2, -0.15) is 0 Å². The van der Waals surface area contributed by atoms with Crippen LogP contribution in [-0.2, 0) is 9.53 Å². The van der Waals surface area contributed by atoms with Crippen LogP contribution in [0.1, 0.15) is 26.7 Å². The highest BCUT2D eigenvalue weighted by Gasteiger charge is 2.35. The first-order valence-electron chi connectivity index (χ1n) is 6.21. The largest absolute Gasteiger partial charge is 0.379 e. The molecule has 4 heteroatoms. The number of carbonyl (C=O) groups excluding carboxylic acids is 1. The van der Waals surface area contributed by atoms with E-state index >= 15 is 0 Å². The van der Waals surface area contributed by atoms with Crippen molar-refractivity contribution in [1.82, 2.24) is 10.6 Å². The fraction of sp³-hybridized carbons (Fsp3) is 0.917. The Morgan fingerprint density at radius 2 is 2.31 bits per heavy atom. The molecular weight excluding hydrogens is 204 g/mol. The van der Waals surface area contributed by atoms with Crippen molar-refractivity contribution < 1.29 is 9.53 Å². The normalized spacial score (nSPS) is 39.6. The predicted molar refractivity (Wildman–Crippen MR) is 62.1 cm³/mol. The summed E-state index contributed by atoms with van der Waals surface area (Å²) >= 11 is 0. The SMILES string of the molecule is CC1CNCC1C(=O)NC1(C)CCCOC1. The zero-order chi connectivity index (χ0) is 11.6. The quantitative estimate of drug-likeness (QED) is 0.722. The molecule has 0 aromatic carbocycles. The first-order valence-corrected chi connectivity index (χ1v) is 6.21. The number of nitrogens with one attached hydrogen (secondary N) is 2. The highest BCUT2D eigenvalue weighted by molar-refractivity contribution is 5.80. The predicted octanol–water partition coefficient (Wildman–Crippen LogP) is 0.527. The van der Waals surface area contributed by atoms with Crippen molar-refractivity contribution in [2.75, 3.05) is 26.3 Å². The summed E-state index contributed by atoms with van der Waals surface area (Å²) < 4.78 is 5.45. The van der Waals surface area contributed by atoms with E-state index in [-0.39, 0.29) is 17.4 Å². The second-order valence-corrected chi connectivity index (χ2v) is 5.45. The number of amides is 1. The number of ether oxygens (including phenoxy) is 1. The summed E-state index contributed by atoms with van der Waals surface area (Å²) in [4.78, 5) is 12.1. The molecule has 2 fully saturated rings. The first-order chi connectivity index (χ1) is 7.61. The zero-order valence-corrected chi connectivity index (χ0v) is 10.2. The van der Waals surface area contributed by atoms with Gasteiger partial charge >= 0.3 is 0 Å². The highest BCUT2D eigenvalue weighted by atomic mass is 16.5. The Morgan fingerprint density at radius 1 is 1.50 bits per heavy atom. The van der Waals surface area contributed by atoms with Crippen LogP contribution in [0.15, 0.2) is 0 Å². The Morgan fingerprint density at radius 3 is 2.88 bits per heavy atom. The molecule has 2 aliphatic rings. The summed E-state index contributed by atoms with van der Waals surface area (Å²) in [7, 11) is 0. The third kappa shape index (κ3) is 2.55. The van der Waals surface area contributed by atoms with Crippen LogP contribution >= 0.6 is 0 Å². The molecule has 0 aliphatic carbocycles. The van der Waals surface area contributed by atoms with E-state index in [4.69, 9.17) is 4.74 Å². The van der Waals surface area contributed by atoms with Gasteiger partial charge in [0.15, 0.2) is 0 Å². The van der Waals surface area contributed by atoms with Gasteiger partial charge in [0.1, 0.15) is 0 Å². The van der Waals surface area contributed by atoms with Gasteiger partial charge in [-0.05, 0) is 32.2 Å². The van der Waals surface area contributed by atoms with Crippen LogP contribution in [-0.4, -0.2) is 37.7 Å². The number of rotatable bonds is 2. The van der Waals surface area contributed by atoms with E-state index in [9.17, 15) is 4.79 Å². The van der Waals surface area contributed by atoms with Gasteiger partial charge in [-0.25, -0.2) is 0 Å². The maximum Gasteiger partial charge on any atom is 0.225 e. The van der Waals surface area contributed by atoms with Crippen LogP contribution < -0.4 is 10.6 Å². The number of hydrogen-bond donors (Lipinski definition) is 2. The van der Waals surface area contributed by atoms with Gasteiger partial charge < -0.3 is 15.4 Å². The molecule has 0 aromatic rings. The number of carbonyl (C=O) groups is 1. The maximum atomic E-state index is 12.1. The van der Waals surface area contributed by atoms with Gasteiger partial charge in [0, 0.05) is 13.2 Å². The van der Waals surface area contributed by atoms with E-state index in [0.29, 0.717) is 12.5 Å². The third-order valence-corrected chi connectivity index (χ3v) is 3.72. The van der Waals surface area contributed by atoms with Crippen LogP contribution in [0, 0.1) is 11.8 Å². The van der Waals surface area contributed by atoms with Crippen molar-refractivity contribution in [3.8, 4) is 0 Å². The van der Waals surface area contributed by atoms with Crippen molar-refractivity contribution in [2.24, 2.45) is 11.8 Å². The van der Waals surface area contributed by atoms with Gasteiger partial charge in [0.25, 0.3) is 0 Å². The van der Waals surface area contributed by atoms with Crippen LogP contribution in [0.4, 0.5) is 0 Å². The Balaban J connectivity index is 1.90. The lowest BCUT2D eigenvalue weighted by Gasteiger charge is -2.35. The first kappa shape index (κ1) is 11.9. The van der Waals surface area contributed by atoms with Crippen LogP contribution in [0.3, 0.4) is 0 Å². The molecule has 16 heavy (non-hydrogen) atoms. The van der Waals surface area contributed by atoms with E-state index in [1.54, 1.807) is 0 Å². The Hall–Kier alpha value is -0.610. The van der Waals surface area contributed by atoms with Gasteiger partial charge in [-0.15, -0.1) is 0 Å². The number of hydrogen-bond acceptors (Lipinski definition) is 3. The lowest BCUT2D eigenvalue weighted by molar-refractivity contribution is -0.129. The molecule has 0 radical (unpaired) electrons. The second-order valence-electron chi connectivity index (χ2n) is 5.45. The molecule has 3 unspecified atom stereocenters. The van der Waals surface area contributed by atoms with Gasteiger partial charge in [0.2, 0.25) is 5.91 Å². The van der Waals surface area contributed by atoms with Crippen molar-refractivity contribution in [3.05, 3.63) is 0 Å². The molecule has 0 saturated carbocycles. The van der Waals surface area contributed by atoms with Crippen molar-refractivity contribution in [2.45, 2.75) is 32.2 Å². The summed E-state index contributed by atoms with van der Waals surface area (Å²) in [6, 6.07) is 0. The molecule has 3 atom stereocenters. The zero-order valence-electron chi connectivity index (χ0n) is 10.2. The van der Waals surface area contributed by atoms with Gasteiger partial charge in [0.05, 0.1) is 18.1 Å². The lowest BCUT2D eigenvalue weighted by atomic mass is 9.91. The van der Waals surface area contributed by atoms with Crippen molar-refractivity contribution >= 4 is 5.91 Å². The molecular formula is C12H22N2O2. The van der Waals surface area contributed by atoms with E-state index in [0.717, 1.165) is 32.5 Å².